The first-order valence-electron chi connectivity index (χ1n) is 7.72. The summed E-state index contributed by atoms with van der Waals surface area (Å²) in [7, 11) is 1.69. The predicted molar refractivity (Wildman–Crippen MR) is 85.2 cm³/mol. The highest BCUT2D eigenvalue weighted by molar-refractivity contribution is 5.46. The highest BCUT2D eigenvalue weighted by Crippen LogP contribution is 2.16. The van der Waals surface area contributed by atoms with Crippen molar-refractivity contribution in [3.63, 3.8) is 0 Å². The lowest BCUT2D eigenvalue weighted by Crippen LogP contribution is -2.18. The molecule has 0 amide bonds. The van der Waals surface area contributed by atoms with Crippen molar-refractivity contribution in [2.45, 2.75) is 52.2 Å². The molecule has 114 valence electrons. The third-order valence-corrected chi connectivity index (χ3v) is 3.27. The molecule has 1 rings (SSSR count). The van der Waals surface area contributed by atoms with E-state index >= 15 is 0 Å². The van der Waals surface area contributed by atoms with E-state index in [2.05, 4.69) is 43.4 Å². The maximum absolute atomic E-state index is 5.56. The van der Waals surface area contributed by atoms with Crippen LogP contribution in [0, 0.1) is 0 Å². The number of anilines is 1. The lowest BCUT2D eigenvalue weighted by atomic mass is 10.1. The number of nitrogens with one attached hydrogen (secondary N) is 1. The Bertz CT molecular complexity index is 349. The zero-order valence-electron chi connectivity index (χ0n) is 13.2. The Hall–Kier alpha value is -1.06. The number of rotatable bonds is 11. The van der Waals surface area contributed by atoms with E-state index in [0.29, 0.717) is 25.9 Å². The third-order valence-electron chi connectivity index (χ3n) is 3.27. The van der Waals surface area contributed by atoms with E-state index in [9.17, 15) is 0 Å². The zero-order valence-corrected chi connectivity index (χ0v) is 13.2. The summed E-state index contributed by atoms with van der Waals surface area (Å²) in [5, 5.41) is 3.64. The molecule has 3 nitrogen and oxygen atoms in total. The van der Waals surface area contributed by atoms with E-state index < -0.39 is 0 Å². The average molecular weight is 279 g/mol. The fourth-order valence-corrected chi connectivity index (χ4v) is 2.30. The summed E-state index contributed by atoms with van der Waals surface area (Å²) in [6.45, 7) is 6.41. The second kappa shape index (κ2) is 10.7. The molecule has 1 aromatic carbocycles. The fourth-order valence-electron chi connectivity index (χ4n) is 2.30. The van der Waals surface area contributed by atoms with Crippen LogP contribution in [0.1, 0.15) is 45.1 Å². The second-order valence-corrected chi connectivity index (χ2v) is 5.16. The van der Waals surface area contributed by atoms with Crippen LogP contribution in [-0.2, 0) is 16.1 Å². The summed E-state index contributed by atoms with van der Waals surface area (Å²) in [4.78, 5) is 0. The van der Waals surface area contributed by atoms with Crippen LogP contribution in [0.5, 0.6) is 0 Å². The van der Waals surface area contributed by atoms with Crippen LogP contribution in [0.3, 0.4) is 0 Å². The summed E-state index contributed by atoms with van der Waals surface area (Å²) in [6, 6.07) is 9.09. The molecule has 3 heteroatoms. The summed E-state index contributed by atoms with van der Waals surface area (Å²) in [5.41, 5.74) is 2.41. The van der Waals surface area contributed by atoms with Crippen LogP contribution in [0.4, 0.5) is 5.69 Å². The van der Waals surface area contributed by atoms with Gasteiger partial charge in [-0.05, 0) is 30.5 Å². The van der Waals surface area contributed by atoms with E-state index in [-0.39, 0.29) is 0 Å². The molecule has 1 aromatic rings. The number of methoxy groups -OCH3 is 1. The molecule has 0 spiro atoms. The maximum atomic E-state index is 5.56. The van der Waals surface area contributed by atoms with Crippen molar-refractivity contribution in [2.75, 3.05) is 25.6 Å². The molecule has 0 heterocycles. The lowest BCUT2D eigenvalue weighted by Gasteiger charge is -2.19. The van der Waals surface area contributed by atoms with E-state index in [0.717, 1.165) is 0 Å². The topological polar surface area (TPSA) is 30.5 Å². The molecule has 0 bridgehead atoms. The first kappa shape index (κ1) is 17.0. The van der Waals surface area contributed by atoms with Crippen LogP contribution in [-0.4, -0.2) is 26.4 Å². The third kappa shape index (κ3) is 6.92. The maximum Gasteiger partial charge on any atom is 0.0718 e. The van der Waals surface area contributed by atoms with E-state index in [1.807, 2.05) is 0 Å². The summed E-state index contributed by atoms with van der Waals surface area (Å²) in [5.74, 6) is 0. The smallest absolute Gasteiger partial charge is 0.0718 e. The van der Waals surface area contributed by atoms with Crippen LogP contribution in [0.2, 0.25) is 0 Å². The van der Waals surface area contributed by atoms with Crippen molar-refractivity contribution in [2.24, 2.45) is 0 Å². The molecule has 0 aliphatic heterocycles. The molecule has 20 heavy (non-hydrogen) atoms. The predicted octanol–water partition coefficient (Wildman–Crippen LogP) is 4.23. The molecule has 0 aromatic heterocycles. The van der Waals surface area contributed by atoms with Gasteiger partial charge in [-0.3, -0.25) is 0 Å². The Balaban J connectivity index is 2.48. The molecule has 0 unspecified atom stereocenters. The summed E-state index contributed by atoms with van der Waals surface area (Å²) >= 11 is 0. The normalized spacial score (nSPS) is 11.0. The van der Waals surface area contributed by atoms with Crippen molar-refractivity contribution in [1.29, 1.82) is 0 Å². The van der Waals surface area contributed by atoms with Gasteiger partial charge in [0.2, 0.25) is 0 Å². The van der Waals surface area contributed by atoms with Gasteiger partial charge < -0.3 is 14.8 Å². The molecular formula is C17H29NO2. The molecule has 0 aliphatic rings. The Morgan fingerprint density at radius 1 is 1.10 bits per heavy atom. The van der Waals surface area contributed by atoms with Gasteiger partial charge in [-0.25, -0.2) is 0 Å². The summed E-state index contributed by atoms with van der Waals surface area (Å²) in [6.07, 6.45) is 4.89. The second-order valence-electron chi connectivity index (χ2n) is 5.16. The highest BCUT2D eigenvalue weighted by atomic mass is 16.5. The van der Waals surface area contributed by atoms with Gasteiger partial charge in [0.05, 0.1) is 19.8 Å². The van der Waals surface area contributed by atoms with Crippen molar-refractivity contribution >= 4 is 5.69 Å². The molecule has 0 saturated carbocycles. The highest BCUT2D eigenvalue weighted by Gasteiger charge is 2.06. The van der Waals surface area contributed by atoms with Crippen LogP contribution < -0.4 is 5.32 Å². The number of benzene rings is 1. The van der Waals surface area contributed by atoms with Crippen molar-refractivity contribution in [3.8, 4) is 0 Å². The van der Waals surface area contributed by atoms with Gasteiger partial charge in [0.1, 0.15) is 0 Å². The van der Waals surface area contributed by atoms with Gasteiger partial charge in [-0.15, -0.1) is 0 Å². The molecular weight excluding hydrogens is 250 g/mol. The van der Waals surface area contributed by atoms with E-state index in [4.69, 9.17) is 9.47 Å². The first-order valence-corrected chi connectivity index (χ1v) is 7.72. The minimum absolute atomic E-state index is 0.578. The van der Waals surface area contributed by atoms with Gasteiger partial charge in [0.25, 0.3) is 0 Å². The number of hydrogen-bond acceptors (Lipinski definition) is 3. The van der Waals surface area contributed by atoms with Gasteiger partial charge in [0, 0.05) is 18.8 Å². The van der Waals surface area contributed by atoms with Crippen LogP contribution >= 0.6 is 0 Å². The fraction of sp³-hybridized carbons (Fsp3) is 0.647. The SMILES string of the molecule is CCCC(CCC)Nc1cccc(COCCOC)c1. The zero-order chi connectivity index (χ0) is 14.6. The van der Waals surface area contributed by atoms with Crippen molar-refractivity contribution in [3.05, 3.63) is 29.8 Å². The standard InChI is InChI=1S/C17H29NO2/c1-4-7-16(8-5-2)18-17-10-6-9-15(13-17)14-20-12-11-19-3/h6,9-10,13,16,18H,4-5,7-8,11-12,14H2,1-3H3. The van der Waals surface area contributed by atoms with Gasteiger partial charge in [-0.1, -0.05) is 38.8 Å². The minimum atomic E-state index is 0.578. The molecule has 0 fully saturated rings. The molecule has 0 aliphatic carbocycles. The largest absolute Gasteiger partial charge is 0.382 e. The molecule has 0 saturated heterocycles. The molecule has 0 atom stereocenters. The Morgan fingerprint density at radius 3 is 2.50 bits per heavy atom. The van der Waals surface area contributed by atoms with Crippen molar-refractivity contribution in [1.82, 2.24) is 0 Å². The van der Waals surface area contributed by atoms with Crippen molar-refractivity contribution < 1.29 is 9.47 Å². The quantitative estimate of drug-likeness (QED) is 0.615. The monoisotopic (exact) mass is 279 g/mol. The van der Waals surface area contributed by atoms with E-state index in [1.54, 1.807) is 7.11 Å². The minimum Gasteiger partial charge on any atom is -0.382 e. The Kier molecular flexibility index (Phi) is 9.09. The molecule has 0 radical (unpaired) electrons. The van der Waals surface area contributed by atoms with Gasteiger partial charge >= 0.3 is 0 Å². The number of ether oxygens (including phenoxy) is 2. The first-order chi connectivity index (χ1) is 9.80. The Labute approximate surface area is 123 Å². The van der Waals surface area contributed by atoms with Gasteiger partial charge in [-0.2, -0.15) is 0 Å². The average Bonchev–Trinajstić information content (AvgIpc) is 2.45. The van der Waals surface area contributed by atoms with Crippen LogP contribution in [0.25, 0.3) is 0 Å². The summed E-state index contributed by atoms with van der Waals surface area (Å²) < 4.78 is 10.5. The lowest BCUT2D eigenvalue weighted by molar-refractivity contribution is 0.0617. The number of hydrogen-bond donors (Lipinski definition) is 1. The van der Waals surface area contributed by atoms with Gasteiger partial charge in [0.15, 0.2) is 0 Å². The van der Waals surface area contributed by atoms with Crippen LogP contribution in [0.15, 0.2) is 24.3 Å². The Morgan fingerprint density at radius 2 is 1.85 bits per heavy atom. The van der Waals surface area contributed by atoms with E-state index in [1.165, 1.54) is 36.9 Å². The molecule has 1 N–H and O–H groups in total.